The summed E-state index contributed by atoms with van der Waals surface area (Å²) in [5.41, 5.74) is 3.80. The van der Waals surface area contributed by atoms with E-state index in [2.05, 4.69) is 26.3 Å². The van der Waals surface area contributed by atoms with E-state index in [1.54, 1.807) is 6.20 Å². The van der Waals surface area contributed by atoms with Gasteiger partial charge >= 0.3 is 0 Å². The molecule has 2 atom stereocenters. The number of anilines is 1. The number of nitrogens with zero attached hydrogens (tertiary/aromatic N) is 2. The number of aromatic nitrogens is 2. The lowest BCUT2D eigenvalue weighted by Crippen LogP contribution is -2.19. The first-order valence-electron chi connectivity index (χ1n) is 6.64. The van der Waals surface area contributed by atoms with Crippen molar-refractivity contribution in [3.63, 3.8) is 0 Å². The number of halogens is 1. The number of rotatable bonds is 1. The molecule has 1 saturated heterocycles. The Morgan fingerprint density at radius 2 is 2.35 bits per heavy atom. The first-order valence-corrected chi connectivity index (χ1v) is 7.43. The molecule has 2 aliphatic rings. The summed E-state index contributed by atoms with van der Waals surface area (Å²) in [6.07, 6.45) is 1.99. The van der Waals surface area contributed by atoms with Crippen LogP contribution in [-0.4, -0.2) is 28.1 Å². The molecule has 1 aromatic heterocycles. The van der Waals surface area contributed by atoms with Crippen LogP contribution in [0.3, 0.4) is 0 Å². The van der Waals surface area contributed by atoms with Gasteiger partial charge in [-0.2, -0.15) is 5.10 Å². The smallest absolute Gasteiger partial charge is 0.154 e. The Hall–Kier alpha value is -1.37. The van der Waals surface area contributed by atoms with Crippen LogP contribution in [0.5, 0.6) is 0 Å². The van der Waals surface area contributed by atoms with E-state index in [-0.39, 0.29) is 6.04 Å². The summed E-state index contributed by atoms with van der Waals surface area (Å²) in [6, 6.07) is 6.28. The monoisotopic (exact) mass is 335 g/mol. The predicted octanol–water partition coefficient (Wildman–Crippen LogP) is 2.69. The van der Waals surface area contributed by atoms with Crippen molar-refractivity contribution in [2.24, 2.45) is 0 Å². The van der Waals surface area contributed by atoms with Crippen LogP contribution in [-0.2, 0) is 4.74 Å². The van der Waals surface area contributed by atoms with Crippen molar-refractivity contribution in [3.8, 4) is 11.3 Å². The minimum absolute atomic E-state index is 0.251. The maximum Gasteiger partial charge on any atom is 0.154 e. The highest BCUT2D eigenvalue weighted by Crippen LogP contribution is 2.42. The van der Waals surface area contributed by atoms with Gasteiger partial charge in [0.25, 0.3) is 0 Å². The molecule has 4 rings (SSSR count). The van der Waals surface area contributed by atoms with E-state index in [9.17, 15) is 5.11 Å². The normalized spacial score (nSPS) is 24.1. The van der Waals surface area contributed by atoms with Crippen LogP contribution in [0.1, 0.15) is 24.3 Å². The van der Waals surface area contributed by atoms with Gasteiger partial charge < -0.3 is 15.2 Å². The molecule has 0 amide bonds. The first kappa shape index (κ1) is 12.4. The summed E-state index contributed by atoms with van der Waals surface area (Å²) in [5, 5.41) is 17.8. The Labute approximate surface area is 124 Å². The summed E-state index contributed by atoms with van der Waals surface area (Å²) < 4.78 is 8.44. The maximum atomic E-state index is 10.2. The summed E-state index contributed by atoms with van der Waals surface area (Å²) in [6.45, 7) is 1.46. The molecule has 0 spiro atoms. The van der Waals surface area contributed by atoms with Gasteiger partial charge in [-0.1, -0.05) is 15.9 Å². The molecule has 0 aliphatic carbocycles. The average molecular weight is 336 g/mol. The minimum atomic E-state index is -0.720. The topological polar surface area (TPSA) is 59.3 Å². The fourth-order valence-corrected chi connectivity index (χ4v) is 3.27. The molecule has 6 heteroatoms. The lowest BCUT2D eigenvalue weighted by molar-refractivity contribution is 0.184. The highest BCUT2D eigenvalue weighted by Gasteiger charge is 2.30. The molecular weight excluding hydrogens is 322 g/mol. The number of ether oxygens (including phenoxy) is 1. The fraction of sp³-hybridized carbons (Fsp3) is 0.357. The molecule has 104 valence electrons. The number of hydrogen-bond donors (Lipinski definition) is 2. The van der Waals surface area contributed by atoms with Crippen LogP contribution < -0.4 is 5.32 Å². The molecule has 2 unspecified atom stereocenters. The van der Waals surface area contributed by atoms with Crippen molar-refractivity contribution in [1.29, 1.82) is 0 Å². The van der Waals surface area contributed by atoms with Crippen molar-refractivity contribution >= 4 is 21.6 Å². The predicted molar refractivity (Wildman–Crippen MR) is 78.4 cm³/mol. The van der Waals surface area contributed by atoms with Crippen molar-refractivity contribution in [2.75, 3.05) is 18.5 Å². The molecule has 2 aromatic rings. The van der Waals surface area contributed by atoms with Gasteiger partial charge in [-0.05, 0) is 24.6 Å². The van der Waals surface area contributed by atoms with Gasteiger partial charge in [0.05, 0.1) is 24.5 Å². The standard InChI is InChI=1S/C14H14BrN3O2/c15-8-1-2-10-12(5-8)17-14(19)11-6-16-18(13(10)11)9-3-4-20-7-9/h1-2,5-6,9,14,17,19H,3-4,7H2. The van der Waals surface area contributed by atoms with E-state index < -0.39 is 6.23 Å². The Kier molecular flexibility index (Phi) is 2.83. The average Bonchev–Trinajstić information content (AvgIpc) is 3.07. The minimum Gasteiger partial charge on any atom is -0.379 e. The molecule has 2 aliphatic heterocycles. The van der Waals surface area contributed by atoms with Crippen LogP contribution in [0, 0.1) is 0 Å². The quantitative estimate of drug-likeness (QED) is 0.841. The number of aliphatic hydroxyl groups is 1. The van der Waals surface area contributed by atoms with Gasteiger partial charge in [-0.15, -0.1) is 0 Å². The van der Waals surface area contributed by atoms with E-state index >= 15 is 0 Å². The third-order valence-corrected chi connectivity index (χ3v) is 4.39. The molecule has 5 nitrogen and oxygen atoms in total. The first-order chi connectivity index (χ1) is 9.74. The van der Waals surface area contributed by atoms with Crippen LogP contribution in [0.2, 0.25) is 0 Å². The van der Waals surface area contributed by atoms with Crippen LogP contribution in [0.4, 0.5) is 5.69 Å². The number of hydrogen-bond acceptors (Lipinski definition) is 4. The molecule has 0 bridgehead atoms. The van der Waals surface area contributed by atoms with Gasteiger partial charge in [0.15, 0.2) is 6.23 Å². The molecule has 0 radical (unpaired) electrons. The highest BCUT2D eigenvalue weighted by atomic mass is 79.9. The Balaban J connectivity index is 1.90. The second-order valence-corrected chi connectivity index (χ2v) is 6.06. The molecule has 1 aromatic carbocycles. The Bertz CT molecular complexity index is 664. The number of aliphatic hydroxyl groups excluding tert-OH is 1. The summed E-state index contributed by atoms with van der Waals surface area (Å²) in [4.78, 5) is 0. The van der Waals surface area contributed by atoms with E-state index in [0.29, 0.717) is 6.61 Å². The maximum absolute atomic E-state index is 10.2. The van der Waals surface area contributed by atoms with Gasteiger partial charge in [0.2, 0.25) is 0 Å². The van der Waals surface area contributed by atoms with Crippen molar-refractivity contribution in [3.05, 3.63) is 34.4 Å². The van der Waals surface area contributed by atoms with Crippen LogP contribution in [0.25, 0.3) is 11.3 Å². The van der Waals surface area contributed by atoms with E-state index in [4.69, 9.17) is 4.74 Å². The lowest BCUT2D eigenvalue weighted by atomic mass is 10.00. The highest BCUT2D eigenvalue weighted by molar-refractivity contribution is 9.10. The largest absolute Gasteiger partial charge is 0.379 e. The Morgan fingerprint density at radius 3 is 3.15 bits per heavy atom. The third kappa shape index (κ3) is 1.79. The van der Waals surface area contributed by atoms with Crippen molar-refractivity contribution in [2.45, 2.75) is 18.7 Å². The molecular formula is C14H14BrN3O2. The SMILES string of the molecule is OC1Nc2cc(Br)ccc2-c2c1cnn2C1CCOC1. The Morgan fingerprint density at radius 1 is 1.45 bits per heavy atom. The third-order valence-electron chi connectivity index (χ3n) is 3.90. The van der Waals surface area contributed by atoms with Gasteiger partial charge in [-0.3, -0.25) is 4.68 Å². The molecule has 0 saturated carbocycles. The zero-order valence-corrected chi connectivity index (χ0v) is 12.3. The zero-order chi connectivity index (χ0) is 13.7. The molecule has 2 N–H and O–H groups in total. The van der Waals surface area contributed by atoms with Crippen LogP contribution in [0.15, 0.2) is 28.9 Å². The van der Waals surface area contributed by atoms with Gasteiger partial charge in [0, 0.05) is 27.9 Å². The van der Waals surface area contributed by atoms with E-state index in [0.717, 1.165) is 40.0 Å². The van der Waals surface area contributed by atoms with Crippen molar-refractivity contribution < 1.29 is 9.84 Å². The summed E-state index contributed by atoms with van der Waals surface area (Å²) >= 11 is 3.46. The van der Waals surface area contributed by atoms with Crippen molar-refractivity contribution in [1.82, 2.24) is 9.78 Å². The number of nitrogens with one attached hydrogen (secondary N) is 1. The van der Waals surface area contributed by atoms with Gasteiger partial charge in [0.1, 0.15) is 0 Å². The molecule has 1 fully saturated rings. The number of benzene rings is 1. The molecule has 3 heterocycles. The second-order valence-electron chi connectivity index (χ2n) is 5.15. The number of fused-ring (bicyclic) bond motifs is 3. The van der Waals surface area contributed by atoms with E-state index in [1.807, 2.05) is 22.9 Å². The van der Waals surface area contributed by atoms with Gasteiger partial charge in [-0.25, -0.2) is 0 Å². The lowest BCUT2D eigenvalue weighted by Gasteiger charge is -2.25. The van der Waals surface area contributed by atoms with Crippen LogP contribution >= 0.6 is 15.9 Å². The summed E-state index contributed by atoms with van der Waals surface area (Å²) in [7, 11) is 0. The fourth-order valence-electron chi connectivity index (χ4n) is 2.91. The second kappa shape index (κ2) is 4.58. The summed E-state index contributed by atoms with van der Waals surface area (Å²) in [5.74, 6) is 0. The zero-order valence-electron chi connectivity index (χ0n) is 10.7. The van der Waals surface area contributed by atoms with E-state index in [1.165, 1.54) is 0 Å². The molecule has 20 heavy (non-hydrogen) atoms.